The summed E-state index contributed by atoms with van der Waals surface area (Å²) in [7, 11) is 0. The van der Waals surface area contributed by atoms with E-state index >= 15 is 0 Å². The Labute approximate surface area is 135 Å². The number of carbonyl (C=O) groups is 2. The number of rotatable bonds is 8. The van der Waals surface area contributed by atoms with Gasteiger partial charge in [-0.1, -0.05) is 37.3 Å². The summed E-state index contributed by atoms with van der Waals surface area (Å²) >= 11 is 0. The first-order valence-corrected chi connectivity index (χ1v) is 7.39. The lowest BCUT2D eigenvalue weighted by Crippen LogP contribution is -2.28. The second-order valence-electron chi connectivity index (χ2n) is 4.89. The van der Waals surface area contributed by atoms with Gasteiger partial charge < -0.3 is 4.74 Å². The predicted molar refractivity (Wildman–Crippen MR) is 85.9 cm³/mol. The maximum absolute atomic E-state index is 11.6. The van der Waals surface area contributed by atoms with Crippen LogP contribution in [0.15, 0.2) is 54.6 Å². The largest absolute Gasteiger partial charge is 0.484 e. The van der Waals surface area contributed by atoms with Crippen LogP contribution in [0.5, 0.6) is 5.75 Å². The molecular formula is C18H19NO4. The van der Waals surface area contributed by atoms with Gasteiger partial charge in [0.25, 0.3) is 5.91 Å². The molecule has 0 radical (unpaired) electrons. The first kappa shape index (κ1) is 16.7. The fourth-order valence-electron chi connectivity index (χ4n) is 1.89. The Kier molecular flexibility index (Phi) is 6.32. The minimum absolute atomic E-state index is 0.0728. The van der Waals surface area contributed by atoms with Gasteiger partial charge in [0.1, 0.15) is 5.75 Å². The van der Waals surface area contributed by atoms with Crippen molar-refractivity contribution in [1.82, 2.24) is 5.48 Å². The highest BCUT2D eigenvalue weighted by Gasteiger charge is 2.05. The van der Waals surface area contributed by atoms with E-state index in [1.165, 1.54) is 0 Å². The Morgan fingerprint density at radius 3 is 2.35 bits per heavy atom. The van der Waals surface area contributed by atoms with Gasteiger partial charge in [0.05, 0.1) is 6.61 Å². The number of hydrogen-bond acceptors (Lipinski definition) is 4. The summed E-state index contributed by atoms with van der Waals surface area (Å²) < 4.78 is 5.34. The molecule has 5 nitrogen and oxygen atoms in total. The van der Waals surface area contributed by atoms with Crippen molar-refractivity contribution in [2.45, 2.75) is 20.0 Å². The van der Waals surface area contributed by atoms with Gasteiger partial charge in [-0.15, -0.1) is 0 Å². The number of hydrogen-bond donors (Lipinski definition) is 1. The highest BCUT2D eigenvalue weighted by molar-refractivity contribution is 5.95. The number of benzene rings is 2. The number of Topliss-reactive ketones (excluding diaryl/α,β-unsaturated/α-hetero) is 1. The van der Waals surface area contributed by atoms with E-state index in [-0.39, 0.29) is 18.3 Å². The quantitative estimate of drug-likeness (QED) is 0.601. The van der Waals surface area contributed by atoms with E-state index < -0.39 is 0 Å². The molecule has 0 aliphatic rings. The zero-order valence-corrected chi connectivity index (χ0v) is 13.0. The lowest BCUT2D eigenvalue weighted by Gasteiger charge is -2.08. The first-order chi connectivity index (χ1) is 11.2. The number of amides is 1. The average molecular weight is 313 g/mol. The van der Waals surface area contributed by atoms with Crippen molar-refractivity contribution in [3.8, 4) is 5.75 Å². The smallest absolute Gasteiger partial charge is 0.281 e. The molecule has 5 heteroatoms. The van der Waals surface area contributed by atoms with Gasteiger partial charge in [-0.25, -0.2) is 5.48 Å². The molecule has 0 unspecified atom stereocenters. The number of nitrogens with one attached hydrogen (secondary N) is 1. The van der Waals surface area contributed by atoms with Crippen molar-refractivity contribution in [3.63, 3.8) is 0 Å². The summed E-state index contributed by atoms with van der Waals surface area (Å²) in [6.45, 7) is 1.95. The first-order valence-electron chi connectivity index (χ1n) is 7.39. The molecule has 0 saturated heterocycles. The molecule has 0 atom stereocenters. The third kappa shape index (κ3) is 5.56. The third-order valence-corrected chi connectivity index (χ3v) is 3.13. The third-order valence-electron chi connectivity index (χ3n) is 3.13. The monoisotopic (exact) mass is 313 g/mol. The summed E-state index contributed by atoms with van der Waals surface area (Å²) in [6, 6.07) is 16.2. The molecule has 0 aliphatic carbocycles. The minimum atomic E-state index is -0.380. The lowest BCUT2D eigenvalue weighted by atomic mass is 10.1. The zero-order valence-electron chi connectivity index (χ0n) is 13.0. The Morgan fingerprint density at radius 1 is 1.00 bits per heavy atom. The maximum atomic E-state index is 11.6. The standard InChI is InChI=1S/C18H19NO4/c1-2-17(20)15-8-10-16(11-9-15)22-13-18(21)19-23-12-14-6-4-3-5-7-14/h3-11H,2,12-13H2,1H3,(H,19,21). The highest BCUT2D eigenvalue weighted by Crippen LogP contribution is 2.13. The molecule has 0 aliphatic heterocycles. The van der Waals surface area contributed by atoms with Crippen LogP contribution in [0, 0.1) is 0 Å². The molecular weight excluding hydrogens is 294 g/mol. The Morgan fingerprint density at radius 2 is 1.70 bits per heavy atom. The predicted octanol–water partition coefficient (Wildman–Crippen LogP) is 2.91. The van der Waals surface area contributed by atoms with E-state index in [0.717, 1.165) is 5.56 Å². The van der Waals surface area contributed by atoms with Crippen LogP contribution in [-0.2, 0) is 16.2 Å². The molecule has 0 saturated carbocycles. The molecule has 0 bridgehead atoms. The van der Waals surface area contributed by atoms with E-state index in [1.54, 1.807) is 24.3 Å². The normalized spacial score (nSPS) is 10.1. The molecule has 2 rings (SSSR count). The lowest BCUT2D eigenvalue weighted by molar-refractivity contribution is -0.136. The van der Waals surface area contributed by atoms with Crippen LogP contribution >= 0.6 is 0 Å². The van der Waals surface area contributed by atoms with Crippen LogP contribution in [-0.4, -0.2) is 18.3 Å². The van der Waals surface area contributed by atoms with Crippen molar-refractivity contribution in [2.75, 3.05) is 6.61 Å². The van der Waals surface area contributed by atoms with E-state index in [2.05, 4.69) is 5.48 Å². The molecule has 1 amide bonds. The zero-order chi connectivity index (χ0) is 16.5. The summed E-state index contributed by atoms with van der Waals surface area (Å²) in [5.41, 5.74) is 3.92. The van der Waals surface area contributed by atoms with Crippen LogP contribution in [0.3, 0.4) is 0 Å². The molecule has 0 heterocycles. The second-order valence-corrected chi connectivity index (χ2v) is 4.89. The van der Waals surface area contributed by atoms with Gasteiger partial charge >= 0.3 is 0 Å². The van der Waals surface area contributed by atoms with Crippen molar-refractivity contribution >= 4 is 11.7 Å². The summed E-state index contributed by atoms with van der Waals surface area (Å²) in [4.78, 5) is 28.2. The van der Waals surface area contributed by atoms with Crippen LogP contribution in [0.2, 0.25) is 0 Å². The Balaban J connectivity index is 1.70. The van der Waals surface area contributed by atoms with Crippen molar-refractivity contribution in [1.29, 1.82) is 0 Å². The molecule has 2 aromatic rings. The fourth-order valence-corrected chi connectivity index (χ4v) is 1.89. The SMILES string of the molecule is CCC(=O)c1ccc(OCC(=O)NOCc2ccccc2)cc1. The summed E-state index contributed by atoms with van der Waals surface area (Å²) in [5, 5.41) is 0. The molecule has 0 aromatic heterocycles. The van der Waals surface area contributed by atoms with Crippen LogP contribution in [0.25, 0.3) is 0 Å². The van der Waals surface area contributed by atoms with Crippen LogP contribution in [0.1, 0.15) is 29.3 Å². The van der Waals surface area contributed by atoms with Crippen LogP contribution in [0.4, 0.5) is 0 Å². The number of hydroxylamine groups is 1. The van der Waals surface area contributed by atoms with E-state index in [1.807, 2.05) is 37.3 Å². The van der Waals surface area contributed by atoms with E-state index in [0.29, 0.717) is 24.3 Å². The molecule has 23 heavy (non-hydrogen) atoms. The fraction of sp³-hybridized carbons (Fsp3) is 0.222. The molecule has 120 valence electrons. The average Bonchev–Trinajstić information content (AvgIpc) is 2.60. The van der Waals surface area contributed by atoms with Gasteiger partial charge in [0, 0.05) is 12.0 Å². The Hall–Kier alpha value is -2.66. The van der Waals surface area contributed by atoms with Gasteiger partial charge in [0.2, 0.25) is 0 Å². The molecule has 0 fully saturated rings. The highest BCUT2D eigenvalue weighted by atomic mass is 16.7. The topological polar surface area (TPSA) is 64.6 Å². The van der Waals surface area contributed by atoms with Crippen molar-refractivity contribution in [2.24, 2.45) is 0 Å². The van der Waals surface area contributed by atoms with Crippen molar-refractivity contribution < 1.29 is 19.2 Å². The molecule has 1 N–H and O–H groups in total. The minimum Gasteiger partial charge on any atom is -0.484 e. The van der Waals surface area contributed by atoms with Gasteiger partial charge in [-0.2, -0.15) is 0 Å². The van der Waals surface area contributed by atoms with E-state index in [4.69, 9.17) is 9.57 Å². The number of carbonyl (C=O) groups excluding carboxylic acids is 2. The molecule has 0 spiro atoms. The van der Waals surface area contributed by atoms with Crippen LogP contribution < -0.4 is 10.2 Å². The van der Waals surface area contributed by atoms with Gasteiger partial charge in [-0.3, -0.25) is 14.4 Å². The molecule has 2 aromatic carbocycles. The van der Waals surface area contributed by atoms with Gasteiger partial charge in [-0.05, 0) is 29.8 Å². The number of ketones is 1. The number of ether oxygens (including phenoxy) is 1. The maximum Gasteiger partial charge on any atom is 0.281 e. The summed E-state index contributed by atoms with van der Waals surface area (Å²) in [6.07, 6.45) is 0.460. The van der Waals surface area contributed by atoms with E-state index in [9.17, 15) is 9.59 Å². The second kappa shape index (κ2) is 8.70. The van der Waals surface area contributed by atoms with Gasteiger partial charge in [0.15, 0.2) is 12.4 Å². The Bertz CT molecular complexity index is 638. The summed E-state index contributed by atoms with van der Waals surface area (Å²) in [5.74, 6) is 0.217. The van der Waals surface area contributed by atoms with Crippen molar-refractivity contribution in [3.05, 3.63) is 65.7 Å².